The first-order valence-electron chi connectivity index (χ1n) is 8.18. The van der Waals surface area contributed by atoms with Gasteiger partial charge in [0.2, 0.25) is 0 Å². The molecule has 7 heteroatoms. The van der Waals surface area contributed by atoms with Gasteiger partial charge in [-0.1, -0.05) is 36.8 Å². The number of carbonyl (C=O) groups excluding carboxylic acids is 1. The van der Waals surface area contributed by atoms with Crippen LogP contribution in [0.2, 0.25) is 0 Å². The van der Waals surface area contributed by atoms with E-state index in [0.717, 1.165) is 5.56 Å². The number of rotatable bonds is 7. The van der Waals surface area contributed by atoms with Gasteiger partial charge in [-0.25, -0.2) is 8.42 Å². The second-order valence-corrected chi connectivity index (χ2v) is 8.31. The maximum absolute atomic E-state index is 12.5. The highest BCUT2D eigenvalue weighted by molar-refractivity contribution is 7.90. The minimum atomic E-state index is -3.40. The van der Waals surface area contributed by atoms with Crippen LogP contribution in [0.15, 0.2) is 53.4 Å². The smallest absolute Gasteiger partial charge is 0.251 e. The monoisotopic (exact) mass is 396 g/mol. The van der Waals surface area contributed by atoms with E-state index >= 15 is 0 Å². The minimum absolute atomic E-state index is 0. The Kier molecular flexibility index (Phi) is 8.27. The maximum Gasteiger partial charge on any atom is 0.251 e. The molecule has 0 aliphatic carbocycles. The van der Waals surface area contributed by atoms with Crippen molar-refractivity contribution in [3.05, 3.63) is 65.2 Å². The summed E-state index contributed by atoms with van der Waals surface area (Å²) in [6, 6.07) is 13.4. The van der Waals surface area contributed by atoms with Crippen molar-refractivity contribution < 1.29 is 13.2 Å². The van der Waals surface area contributed by atoms with Crippen LogP contribution in [0.1, 0.15) is 28.4 Å². The number of nitrogens with two attached hydrogens (primary N) is 1. The third-order valence-corrected chi connectivity index (χ3v) is 5.67. The number of aryl methyl sites for hydroxylation is 1. The summed E-state index contributed by atoms with van der Waals surface area (Å²) >= 11 is 0. The van der Waals surface area contributed by atoms with Crippen LogP contribution >= 0.6 is 12.4 Å². The first-order valence-corrected chi connectivity index (χ1v) is 9.83. The van der Waals surface area contributed by atoms with Gasteiger partial charge in [0.1, 0.15) is 0 Å². The Hall–Kier alpha value is -1.89. The highest BCUT2D eigenvalue weighted by atomic mass is 35.5. The molecule has 0 aliphatic rings. The lowest BCUT2D eigenvalue weighted by molar-refractivity contribution is 0.0948. The quantitative estimate of drug-likeness (QED) is 0.752. The molecular formula is C19H25ClN2O3S. The van der Waals surface area contributed by atoms with Crippen molar-refractivity contribution in [1.29, 1.82) is 0 Å². The normalized spacial score (nSPS) is 12.1. The summed E-state index contributed by atoms with van der Waals surface area (Å²) in [5.41, 5.74) is 7.68. The first-order chi connectivity index (χ1) is 11.8. The largest absolute Gasteiger partial charge is 0.352 e. The van der Waals surface area contributed by atoms with E-state index in [1.54, 1.807) is 48.5 Å². The lowest BCUT2D eigenvalue weighted by atomic mass is 10.1. The third-order valence-electron chi connectivity index (χ3n) is 3.97. The van der Waals surface area contributed by atoms with Crippen molar-refractivity contribution >= 4 is 28.2 Å². The van der Waals surface area contributed by atoms with Crippen molar-refractivity contribution in [2.75, 3.05) is 13.1 Å². The van der Waals surface area contributed by atoms with E-state index in [9.17, 15) is 13.2 Å². The molecular weight excluding hydrogens is 372 g/mol. The van der Waals surface area contributed by atoms with Crippen molar-refractivity contribution in [2.45, 2.75) is 24.5 Å². The van der Waals surface area contributed by atoms with Crippen LogP contribution in [0, 0.1) is 12.8 Å². The number of carbonyl (C=O) groups is 1. The molecule has 0 spiro atoms. The fraction of sp³-hybridized carbons (Fsp3) is 0.316. The summed E-state index contributed by atoms with van der Waals surface area (Å²) in [7, 11) is -3.40. The molecule has 0 saturated carbocycles. The number of halogens is 1. The molecule has 0 heterocycles. The highest BCUT2D eigenvalue weighted by Crippen LogP contribution is 2.17. The van der Waals surface area contributed by atoms with Gasteiger partial charge in [-0.2, -0.15) is 0 Å². The van der Waals surface area contributed by atoms with Gasteiger partial charge in [0.15, 0.2) is 9.84 Å². The Labute approximate surface area is 161 Å². The van der Waals surface area contributed by atoms with Crippen LogP contribution < -0.4 is 11.1 Å². The molecule has 1 unspecified atom stereocenters. The second kappa shape index (κ2) is 9.71. The molecule has 26 heavy (non-hydrogen) atoms. The number of hydrogen-bond acceptors (Lipinski definition) is 4. The summed E-state index contributed by atoms with van der Waals surface area (Å²) in [5, 5.41) is 2.81. The molecule has 1 atom stereocenters. The average Bonchev–Trinajstić information content (AvgIpc) is 2.60. The van der Waals surface area contributed by atoms with Crippen LogP contribution in [0.25, 0.3) is 0 Å². The number of amides is 1. The van der Waals surface area contributed by atoms with Crippen LogP contribution in [0.5, 0.6) is 0 Å². The lowest BCUT2D eigenvalue weighted by Crippen LogP contribution is -2.31. The molecule has 0 saturated heterocycles. The predicted molar refractivity (Wildman–Crippen MR) is 106 cm³/mol. The van der Waals surface area contributed by atoms with Gasteiger partial charge >= 0.3 is 0 Å². The molecule has 5 nitrogen and oxygen atoms in total. The Morgan fingerprint density at radius 1 is 1.08 bits per heavy atom. The fourth-order valence-electron chi connectivity index (χ4n) is 2.25. The van der Waals surface area contributed by atoms with Gasteiger partial charge in [-0.05, 0) is 49.2 Å². The Morgan fingerprint density at radius 2 is 1.65 bits per heavy atom. The van der Waals surface area contributed by atoms with Crippen molar-refractivity contribution in [3.8, 4) is 0 Å². The van der Waals surface area contributed by atoms with Crippen molar-refractivity contribution in [2.24, 2.45) is 11.7 Å². The molecule has 1 amide bonds. The zero-order chi connectivity index (χ0) is 18.4. The molecule has 2 aromatic carbocycles. The van der Waals surface area contributed by atoms with Gasteiger partial charge in [0, 0.05) is 12.1 Å². The Bertz CT molecular complexity index is 819. The van der Waals surface area contributed by atoms with Gasteiger partial charge in [0.05, 0.1) is 10.6 Å². The molecule has 0 bridgehead atoms. The van der Waals surface area contributed by atoms with Gasteiger partial charge in [-0.3, -0.25) is 4.79 Å². The zero-order valence-corrected chi connectivity index (χ0v) is 16.6. The van der Waals surface area contributed by atoms with Crippen LogP contribution in [0.3, 0.4) is 0 Å². The van der Waals surface area contributed by atoms with Crippen LogP contribution in [0.4, 0.5) is 0 Å². The van der Waals surface area contributed by atoms with E-state index in [2.05, 4.69) is 5.32 Å². The molecule has 0 radical (unpaired) electrons. The topological polar surface area (TPSA) is 89.3 Å². The number of sulfone groups is 1. The highest BCUT2D eigenvalue weighted by Gasteiger charge is 2.15. The van der Waals surface area contributed by atoms with E-state index in [4.69, 9.17) is 5.73 Å². The lowest BCUT2D eigenvalue weighted by Gasteiger charge is -2.10. The molecule has 3 N–H and O–H groups in total. The number of nitrogens with one attached hydrogen (secondary N) is 1. The van der Waals surface area contributed by atoms with Gasteiger partial charge in [0.25, 0.3) is 5.91 Å². The van der Waals surface area contributed by atoms with E-state index in [1.165, 1.54) is 0 Å². The average molecular weight is 397 g/mol. The molecule has 0 aromatic heterocycles. The van der Waals surface area contributed by atoms with E-state index in [0.29, 0.717) is 29.1 Å². The Balaban J connectivity index is 0.00000338. The van der Waals surface area contributed by atoms with E-state index in [-0.39, 0.29) is 30.0 Å². The van der Waals surface area contributed by atoms with E-state index in [1.807, 2.05) is 13.8 Å². The van der Waals surface area contributed by atoms with Crippen LogP contribution in [-0.4, -0.2) is 27.4 Å². The molecule has 0 fully saturated rings. The standard InChI is InChI=1S/C19H24N2O3S.ClH/c1-14-3-9-18(10-4-14)25(23,24)13-16-5-7-17(8-6-16)19(22)21-12-15(2)11-20;/h3-10,15H,11-13,20H2,1-2H3,(H,21,22);1H. The Morgan fingerprint density at radius 3 is 2.19 bits per heavy atom. The third kappa shape index (κ3) is 6.12. The van der Waals surface area contributed by atoms with Gasteiger partial charge < -0.3 is 11.1 Å². The van der Waals surface area contributed by atoms with Crippen molar-refractivity contribution in [1.82, 2.24) is 5.32 Å². The molecule has 2 aromatic rings. The fourth-order valence-corrected chi connectivity index (χ4v) is 3.60. The maximum atomic E-state index is 12.5. The number of benzene rings is 2. The van der Waals surface area contributed by atoms with Crippen molar-refractivity contribution in [3.63, 3.8) is 0 Å². The van der Waals surface area contributed by atoms with E-state index < -0.39 is 9.84 Å². The second-order valence-electron chi connectivity index (χ2n) is 6.32. The SMILES string of the molecule is Cc1ccc(S(=O)(=O)Cc2ccc(C(=O)NCC(C)CN)cc2)cc1.Cl. The predicted octanol–water partition coefficient (Wildman–Crippen LogP) is 2.72. The molecule has 2 rings (SSSR count). The number of hydrogen-bond donors (Lipinski definition) is 2. The zero-order valence-electron chi connectivity index (χ0n) is 14.9. The summed E-state index contributed by atoms with van der Waals surface area (Å²) < 4.78 is 24.9. The summed E-state index contributed by atoms with van der Waals surface area (Å²) in [6.45, 7) is 4.89. The first kappa shape index (κ1) is 22.2. The molecule has 0 aliphatic heterocycles. The summed E-state index contributed by atoms with van der Waals surface area (Å²) in [6.07, 6.45) is 0. The summed E-state index contributed by atoms with van der Waals surface area (Å²) in [5.74, 6) is -0.0709. The molecule has 142 valence electrons. The van der Waals surface area contributed by atoms with Gasteiger partial charge in [-0.15, -0.1) is 12.4 Å². The minimum Gasteiger partial charge on any atom is -0.352 e. The summed E-state index contributed by atoms with van der Waals surface area (Å²) in [4.78, 5) is 12.3. The van der Waals surface area contributed by atoms with Crippen LogP contribution in [-0.2, 0) is 15.6 Å².